The van der Waals surface area contributed by atoms with E-state index in [4.69, 9.17) is 0 Å². The molecular formula is C23H21NO. The largest absolute Gasteiger partial charge is 0.322 e. The molecule has 1 N–H and O–H groups in total. The Morgan fingerprint density at radius 1 is 0.840 bits per heavy atom. The molecule has 3 aromatic carbocycles. The summed E-state index contributed by atoms with van der Waals surface area (Å²) < 4.78 is 0. The van der Waals surface area contributed by atoms with E-state index in [1.165, 1.54) is 12.0 Å². The summed E-state index contributed by atoms with van der Waals surface area (Å²) in [6, 6.07) is 26.1. The summed E-state index contributed by atoms with van der Waals surface area (Å²) in [5.74, 6) is 1.42. The van der Waals surface area contributed by atoms with Gasteiger partial charge in [-0.05, 0) is 59.2 Å². The molecule has 1 amide bonds. The quantitative estimate of drug-likeness (QED) is 0.651. The Morgan fingerprint density at radius 3 is 2.04 bits per heavy atom. The third-order valence-electron chi connectivity index (χ3n) is 4.96. The summed E-state index contributed by atoms with van der Waals surface area (Å²) in [5, 5.41) is 2.98. The SMILES string of the molecule is C[C@H]1C[C@H]1c1ccc(NC(=O)c2ccc(-c3ccccc3)cc2)cc1. The molecule has 2 atom stereocenters. The van der Waals surface area contributed by atoms with Crippen LogP contribution in [-0.4, -0.2) is 5.91 Å². The first-order chi connectivity index (χ1) is 12.2. The maximum Gasteiger partial charge on any atom is 0.255 e. The van der Waals surface area contributed by atoms with Gasteiger partial charge in [0.15, 0.2) is 0 Å². The fourth-order valence-corrected chi connectivity index (χ4v) is 3.25. The van der Waals surface area contributed by atoms with Crippen LogP contribution in [0.5, 0.6) is 0 Å². The van der Waals surface area contributed by atoms with Crippen molar-refractivity contribution in [1.82, 2.24) is 0 Å². The van der Waals surface area contributed by atoms with Crippen LogP contribution in [0.15, 0.2) is 78.9 Å². The van der Waals surface area contributed by atoms with Gasteiger partial charge in [-0.3, -0.25) is 4.79 Å². The lowest BCUT2D eigenvalue weighted by Crippen LogP contribution is -2.11. The summed E-state index contributed by atoms with van der Waals surface area (Å²) >= 11 is 0. The number of benzene rings is 3. The predicted molar refractivity (Wildman–Crippen MR) is 103 cm³/mol. The standard InChI is InChI=1S/C23H21NO/c1-16-15-22(16)19-11-13-21(14-12-19)24-23(25)20-9-7-18(8-10-20)17-5-3-2-4-6-17/h2-14,16,22H,15H2,1H3,(H,24,25)/t16-,22+/m0/s1. The van der Waals surface area contributed by atoms with Crippen LogP contribution in [0.25, 0.3) is 11.1 Å². The van der Waals surface area contributed by atoms with Crippen molar-refractivity contribution in [2.45, 2.75) is 19.3 Å². The van der Waals surface area contributed by atoms with Crippen molar-refractivity contribution in [2.75, 3.05) is 5.32 Å². The molecular weight excluding hydrogens is 306 g/mol. The van der Waals surface area contributed by atoms with Crippen LogP contribution in [0.4, 0.5) is 5.69 Å². The summed E-state index contributed by atoms with van der Waals surface area (Å²) in [6.45, 7) is 2.28. The Balaban J connectivity index is 1.44. The highest BCUT2D eigenvalue weighted by Gasteiger charge is 2.33. The maximum absolute atomic E-state index is 12.4. The van der Waals surface area contributed by atoms with Crippen LogP contribution in [0.1, 0.15) is 35.2 Å². The van der Waals surface area contributed by atoms with E-state index in [9.17, 15) is 4.79 Å². The fraction of sp³-hybridized carbons (Fsp3) is 0.174. The van der Waals surface area contributed by atoms with Gasteiger partial charge in [0.2, 0.25) is 0 Å². The number of anilines is 1. The van der Waals surface area contributed by atoms with Crippen molar-refractivity contribution < 1.29 is 4.79 Å². The van der Waals surface area contributed by atoms with Crippen LogP contribution < -0.4 is 5.32 Å². The lowest BCUT2D eigenvalue weighted by atomic mass is 10.0. The highest BCUT2D eigenvalue weighted by Crippen LogP contribution is 2.46. The maximum atomic E-state index is 12.4. The lowest BCUT2D eigenvalue weighted by Gasteiger charge is -2.08. The molecule has 2 nitrogen and oxygen atoms in total. The van der Waals surface area contributed by atoms with Gasteiger partial charge in [0.25, 0.3) is 5.91 Å². The minimum absolute atomic E-state index is 0.0767. The zero-order valence-corrected chi connectivity index (χ0v) is 14.3. The van der Waals surface area contributed by atoms with E-state index in [1.54, 1.807) is 0 Å². The Kier molecular flexibility index (Phi) is 4.10. The molecule has 0 spiro atoms. The molecule has 1 fully saturated rings. The van der Waals surface area contributed by atoms with Crippen LogP contribution in [0.2, 0.25) is 0 Å². The van der Waals surface area contributed by atoms with Gasteiger partial charge in [-0.15, -0.1) is 0 Å². The van der Waals surface area contributed by atoms with Gasteiger partial charge in [0, 0.05) is 11.3 Å². The number of amides is 1. The molecule has 0 bridgehead atoms. The Bertz CT molecular complexity index is 866. The van der Waals surface area contributed by atoms with E-state index in [0.29, 0.717) is 11.5 Å². The summed E-state index contributed by atoms with van der Waals surface area (Å²) in [4.78, 5) is 12.4. The molecule has 1 aliphatic carbocycles. The van der Waals surface area contributed by atoms with Crippen molar-refractivity contribution in [3.05, 3.63) is 90.0 Å². The molecule has 0 saturated heterocycles. The molecule has 25 heavy (non-hydrogen) atoms. The normalized spacial score (nSPS) is 18.6. The Hall–Kier alpha value is -2.87. The van der Waals surface area contributed by atoms with Gasteiger partial charge in [-0.25, -0.2) is 0 Å². The van der Waals surface area contributed by atoms with Crippen molar-refractivity contribution >= 4 is 11.6 Å². The Labute approximate surface area is 148 Å². The number of carbonyl (C=O) groups is 1. The Morgan fingerprint density at radius 2 is 1.44 bits per heavy atom. The molecule has 3 aromatic rings. The van der Waals surface area contributed by atoms with Gasteiger partial charge in [0.05, 0.1) is 0 Å². The molecule has 0 aliphatic heterocycles. The van der Waals surface area contributed by atoms with Crippen LogP contribution >= 0.6 is 0 Å². The molecule has 0 radical (unpaired) electrons. The van der Waals surface area contributed by atoms with Gasteiger partial charge < -0.3 is 5.32 Å². The highest BCUT2D eigenvalue weighted by molar-refractivity contribution is 6.04. The lowest BCUT2D eigenvalue weighted by molar-refractivity contribution is 0.102. The highest BCUT2D eigenvalue weighted by atomic mass is 16.1. The minimum Gasteiger partial charge on any atom is -0.322 e. The van der Waals surface area contributed by atoms with Gasteiger partial charge in [-0.1, -0.05) is 61.5 Å². The van der Waals surface area contributed by atoms with Crippen molar-refractivity contribution in [3.63, 3.8) is 0 Å². The monoisotopic (exact) mass is 327 g/mol. The first-order valence-corrected chi connectivity index (χ1v) is 8.77. The molecule has 2 heteroatoms. The van der Waals surface area contributed by atoms with E-state index in [1.807, 2.05) is 54.6 Å². The number of carbonyl (C=O) groups excluding carboxylic acids is 1. The second kappa shape index (κ2) is 6.56. The van der Waals surface area contributed by atoms with Crippen molar-refractivity contribution in [2.24, 2.45) is 5.92 Å². The molecule has 0 heterocycles. The molecule has 4 rings (SSSR count). The van der Waals surface area contributed by atoms with Crippen LogP contribution in [0.3, 0.4) is 0 Å². The van der Waals surface area contributed by atoms with E-state index < -0.39 is 0 Å². The molecule has 1 saturated carbocycles. The topological polar surface area (TPSA) is 29.1 Å². The second-order valence-electron chi connectivity index (χ2n) is 6.84. The average Bonchev–Trinajstić information content (AvgIpc) is 3.40. The summed E-state index contributed by atoms with van der Waals surface area (Å²) in [7, 11) is 0. The van der Waals surface area contributed by atoms with Gasteiger partial charge in [-0.2, -0.15) is 0 Å². The first-order valence-electron chi connectivity index (χ1n) is 8.77. The minimum atomic E-state index is -0.0767. The van der Waals surface area contributed by atoms with Crippen molar-refractivity contribution in [1.29, 1.82) is 0 Å². The summed E-state index contributed by atoms with van der Waals surface area (Å²) in [6.07, 6.45) is 1.28. The van der Waals surface area contributed by atoms with E-state index in [2.05, 4.69) is 36.5 Å². The number of nitrogens with one attached hydrogen (secondary N) is 1. The van der Waals surface area contributed by atoms with Crippen molar-refractivity contribution in [3.8, 4) is 11.1 Å². The van der Waals surface area contributed by atoms with Crippen LogP contribution in [0, 0.1) is 5.92 Å². The predicted octanol–water partition coefficient (Wildman–Crippen LogP) is 5.73. The van der Waals surface area contributed by atoms with E-state index in [-0.39, 0.29) is 5.91 Å². The number of hydrogen-bond donors (Lipinski definition) is 1. The smallest absolute Gasteiger partial charge is 0.255 e. The van der Waals surface area contributed by atoms with E-state index in [0.717, 1.165) is 22.7 Å². The molecule has 0 aromatic heterocycles. The molecule has 124 valence electrons. The third kappa shape index (κ3) is 3.48. The average molecular weight is 327 g/mol. The molecule has 0 unspecified atom stereocenters. The zero-order valence-electron chi connectivity index (χ0n) is 14.3. The summed E-state index contributed by atoms with van der Waals surface area (Å²) in [5.41, 5.74) is 5.14. The van der Waals surface area contributed by atoms with E-state index >= 15 is 0 Å². The van der Waals surface area contributed by atoms with Gasteiger partial charge >= 0.3 is 0 Å². The third-order valence-corrected chi connectivity index (χ3v) is 4.96. The first kappa shape index (κ1) is 15.6. The number of rotatable bonds is 4. The number of hydrogen-bond acceptors (Lipinski definition) is 1. The van der Waals surface area contributed by atoms with Crippen LogP contribution in [-0.2, 0) is 0 Å². The molecule has 1 aliphatic rings. The zero-order chi connectivity index (χ0) is 17.2. The fourth-order valence-electron chi connectivity index (χ4n) is 3.25. The second-order valence-corrected chi connectivity index (χ2v) is 6.84. The van der Waals surface area contributed by atoms with Gasteiger partial charge in [0.1, 0.15) is 0 Å².